The summed E-state index contributed by atoms with van der Waals surface area (Å²) in [6.07, 6.45) is 3.47. The number of nitrogens with zero attached hydrogens (tertiary/aromatic N) is 1. The summed E-state index contributed by atoms with van der Waals surface area (Å²) in [6, 6.07) is 21.6. The molecule has 2 N–H and O–H groups in total. The molecule has 0 bridgehead atoms. The van der Waals surface area contributed by atoms with Crippen molar-refractivity contribution in [3.8, 4) is 11.1 Å². The first kappa shape index (κ1) is 23.0. The maximum Gasteiger partial charge on any atom is 0.262 e. The zero-order valence-corrected chi connectivity index (χ0v) is 19.6. The topological polar surface area (TPSA) is 105 Å². The van der Waals surface area contributed by atoms with Gasteiger partial charge in [0.1, 0.15) is 5.84 Å². The summed E-state index contributed by atoms with van der Waals surface area (Å²) >= 11 is 0. The number of anilines is 1. The summed E-state index contributed by atoms with van der Waals surface area (Å²) < 4.78 is 56.7. The molecule has 7 nitrogen and oxygen atoms in total. The Hall–Kier alpha value is -3.17. The van der Waals surface area contributed by atoms with Crippen LogP contribution in [0.2, 0.25) is 0 Å². The Labute approximate surface area is 194 Å². The zero-order chi connectivity index (χ0) is 23.3. The van der Waals surface area contributed by atoms with Crippen molar-refractivity contribution in [1.29, 1.82) is 0 Å². The van der Waals surface area contributed by atoms with Crippen molar-refractivity contribution in [1.82, 2.24) is 4.72 Å². The molecule has 1 heterocycles. The minimum atomic E-state index is -3.90. The summed E-state index contributed by atoms with van der Waals surface area (Å²) in [4.78, 5) is 4.48. The maximum absolute atomic E-state index is 13.1. The smallest absolute Gasteiger partial charge is 0.262 e. The van der Waals surface area contributed by atoms with Crippen LogP contribution in [0.1, 0.15) is 25.7 Å². The molecule has 1 aliphatic rings. The van der Waals surface area contributed by atoms with Gasteiger partial charge in [-0.2, -0.15) is 0 Å². The van der Waals surface area contributed by atoms with Crippen LogP contribution < -0.4 is 9.44 Å². The summed E-state index contributed by atoms with van der Waals surface area (Å²) in [5, 5.41) is 0. The Morgan fingerprint density at radius 2 is 1.36 bits per heavy atom. The van der Waals surface area contributed by atoms with Gasteiger partial charge < -0.3 is 0 Å². The Balaban J connectivity index is 1.54. The first-order chi connectivity index (χ1) is 15.9. The van der Waals surface area contributed by atoms with E-state index in [4.69, 9.17) is 0 Å². The van der Waals surface area contributed by atoms with Crippen LogP contribution in [0, 0.1) is 0 Å². The summed E-state index contributed by atoms with van der Waals surface area (Å²) in [6.45, 7) is 0.614. The molecule has 0 fully saturated rings. The number of hydrogen-bond donors (Lipinski definition) is 2. The van der Waals surface area contributed by atoms with Crippen molar-refractivity contribution < 1.29 is 16.8 Å². The van der Waals surface area contributed by atoms with E-state index in [-0.39, 0.29) is 15.5 Å². The third-order valence-electron chi connectivity index (χ3n) is 5.30. The van der Waals surface area contributed by atoms with Crippen LogP contribution in [0.3, 0.4) is 0 Å². The predicted octanol–water partition coefficient (Wildman–Crippen LogP) is 4.41. The van der Waals surface area contributed by atoms with Gasteiger partial charge in [-0.05, 0) is 48.7 Å². The molecule has 0 aliphatic carbocycles. The van der Waals surface area contributed by atoms with Gasteiger partial charge >= 0.3 is 0 Å². The van der Waals surface area contributed by atoms with Gasteiger partial charge in [0.25, 0.3) is 20.0 Å². The average molecular weight is 484 g/mol. The van der Waals surface area contributed by atoms with E-state index in [1.807, 2.05) is 30.3 Å². The molecule has 0 unspecified atom stereocenters. The van der Waals surface area contributed by atoms with Crippen LogP contribution in [-0.4, -0.2) is 29.2 Å². The summed E-state index contributed by atoms with van der Waals surface area (Å²) in [5.74, 6) is 0.467. The first-order valence-electron chi connectivity index (χ1n) is 10.7. The van der Waals surface area contributed by atoms with Crippen molar-refractivity contribution >= 4 is 31.6 Å². The molecule has 0 amide bonds. The zero-order valence-electron chi connectivity index (χ0n) is 17.9. The van der Waals surface area contributed by atoms with Crippen LogP contribution in [0.5, 0.6) is 0 Å². The van der Waals surface area contributed by atoms with E-state index in [0.717, 1.165) is 24.8 Å². The molecule has 0 saturated heterocycles. The van der Waals surface area contributed by atoms with E-state index in [1.54, 1.807) is 24.3 Å². The molecule has 0 saturated carbocycles. The number of sulfonamides is 2. The van der Waals surface area contributed by atoms with Gasteiger partial charge in [0.05, 0.1) is 9.79 Å². The first-order valence-corrected chi connectivity index (χ1v) is 13.7. The highest BCUT2D eigenvalue weighted by Gasteiger charge is 2.21. The summed E-state index contributed by atoms with van der Waals surface area (Å²) in [7, 11) is -7.69. The summed E-state index contributed by atoms with van der Waals surface area (Å²) in [5.41, 5.74) is 1.63. The van der Waals surface area contributed by atoms with Crippen molar-refractivity contribution in [2.24, 2.45) is 4.99 Å². The highest BCUT2D eigenvalue weighted by Crippen LogP contribution is 2.28. The molecule has 3 aromatic carbocycles. The molecular formula is C24H25N3O4S2. The van der Waals surface area contributed by atoms with Gasteiger partial charge in [0, 0.05) is 24.2 Å². The molecule has 0 aromatic heterocycles. The molecular weight excluding hydrogens is 458 g/mol. The molecule has 0 spiro atoms. The number of benzene rings is 3. The van der Waals surface area contributed by atoms with E-state index >= 15 is 0 Å². The number of nitrogens with one attached hydrogen (secondary N) is 2. The lowest BCUT2D eigenvalue weighted by Crippen LogP contribution is -2.30. The fourth-order valence-corrected chi connectivity index (χ4v) is 6.02. The lowest BCUT2D eigenvalue weighted by atomic mass is 10.1. The third-order valence-corrected chi connectivity index (χ3v) is 8.14. The second-order valence-corrected chi connectivity index (χ2v) is 11.1. The van der Waals surface area contributed by atoms with Gasteiger partial charge in [-0.15, -0.1) is 0 Å². The van der Waals surface area contributed by atoms with Gasteiger partial charge in [0.15, 0.2) is 0 Å². The monoisotopic (exact) mass is 483 g/mol. The molecule has 9 heteroatoms. The number of aliphatic imine (C=N–C) groups is 1. The molecule has 4 rings (SSSR count). The van der Waals surface area contributed by atoms with E-state index in [1.165, 1.54) is 24.3 Å². The Bertz CT molecular complexity index is 1350. The van der Waals surface area contributed by atoms with Gasteiger partial charge in [0.2, 0.25) is 0 Å². The third kappa shape index (κ3) is 5.61. The van der Waals surface area contributed by atoms with Gasteiger partial charge in [-0.25, -0.2) is 16.8 Å². The van der Waals surface area contributed by atoms with Crippen LogP contribution >= 0.6 is 0 Å². The molecule has 1 aliphatic heterocycles. The van der Waals surface area contributed by atoms with Crippen molar-refractivity contribution in [2.45, 2.75) is 35.5 Å². The maximum atomic E-state index is 13.1. The Kier molecular flexibility index (Phi) is 6.80. The van der Waals surface area contributed by atoms with E-state index in [0.29, 0.717) is 24.4 Å². The van der Waals surface area contributed by atoms with Crippen molar-refractivity contribution in [3.05, 3.63) is 78.9 Å². The molecule has 33 heavy (non-hydrogen) atoms. The molecule has 3 aromatic rings. The lowest BCUT2D eigenvalue weighted by Gasteiger charge is -2.13. The standard InChI is InChI=1S/C24H25N3O4S2/c28-32(29,27-24-13-5-2-8-18-25-24)21-16-14-20(15-17-21)26-33(30,31)23-12-7-6-11-22(23)19-9-3-1-4-10-19/h1,3-4,6-7,9-12,14-17,26H,2,5,8,13,18H2,(H,25,27). The lowest BCUT2D eigenvalue weighted by molar-refractivity contribution is 0.591. The fraction of sp³-hybridized carbons (Fsp3) is 0.208. The molecule has 0 radical (unpaired) electrons. The number of amidine groups is 1. The average Bonchev–Trinajstić information content (AvgIpc) is 3.08. The fourth-order valence-electron chi connectivity index (χ4n) is 3.64. The van der Waals surface area contributed by atoms with Crippen LogP contribution in [0.25, 0.3) is 11.1 Å². The normalized spacial score (nSPS) is 14.7. The Morgan fingerprint density at radius 1 is 0.667 bits per heavy atom. The van der Waals surface area contributed by atoms with Crippen LogP contribution in [-0.2, 0) is 20.0 Å². The van der Waals surface area contributed by atoms with E-state index < -0.39 is 20.0 Å². The largest absolute Gasteiger partial charge is 0.280 e. The predicted molar refractivity (Wildman–Crippen MR) is 130 cm³/mol. The highest BCUT2D eigenvalue weighted by atomic mass is 32.2. The van der Waals surface area contributed by atoms with Crippen molar-refractivity contribution in [3.63, 3.8) is 0 Å². The van der Waals surface area contributed by atoms with Gasteiger partial charge in [-0.3, -0.25) is 14.4 Å². The Morgan fingerprint density at radius 3 is 2.12 bits per heavy atom. The second kappa shape index (κ2) is 9.76. The quantitative estimate of drug-likeness (QED) is 0.542. The van der Waals surface area contributed by atoms with E-state index in [9.17, 15) is 16.8 Å². The molecule has 0 atom stereocenters. The second-order valence-electron chi connectivity index (χ2n) is 7.74. The van der Waals surface area contributed by atoms with Gasteiger partial charge in [-0.1, -0.05) is 55.0 Å². The van der Waals surface area contributed by atoms with E-state index in [2.05, 4.69) is 14.4 Å². The van der Waals surface area contributed by atoms with Crippen molar-refractivity contribution in [2.75, 3.05) is 11.3 Å². The number of hydrogen-bond acceptors (Lipinski definition) is 5. The molecule has 172 valence electrons. The minimum Gasteiger partial charge on any atom is -0.280 e. The number of rotatable bonds is 6. The SMILES string of the molecule is O=S(=O)(NC1=NCCCCC1)c1ccc(NS(=O)(=O)c2ccccc2-c2ccccc2)cc1. The van der Waals surface area contributed by atoms with Crippen LogP contribution in [0.15, 0.2) is 93.6 Å². The van der Waals surface area contributed by atoms with Crippen LogP contribution in [0.4, 0.5) is 5.69 Å². The minimum absolute atomic E-state index is 0.0436. The highest BCUT2D eigenvalue weighted by molar-refractivity contribution is 7.93.